The van der Waals surface area contributed by atoms with E-state index < -0.39 is 0 Å². The summed E-state index contributed by atoms with van der Waals surface area (Å²) in [5.41, 5.74) is 6.35. The predicted octanol–water partition coefficient (Wildman–Crippen LogP) is 7.90. The summed E-state index contributed by atoms with van der Waals surface area (Å²) in [4.78, 5) is 4.37. The quantitative estimate of drug-likeness (QED) is 0.425. The molecule has 0 radical (unpaired) electrons. The van der Waals surface area contributed by atoms with Crippen LogP contribution in [0, 0.1) is 29.1 Å². The molecule has 5 rings (SSSR count). The van der Waals surface area contributed by atoms with Gasteiger partial charge in [-0.1, -0.05) is 62.0 Å². The molecule has 5 atom stereocenters. The van der Waals surface area contributed by atoms with Crippen LogP contribution in [0.15, 0.2) is 76.5 Å². The van der Waals surface area contributed by atoms with Crippen molar-refractivity contribution in [3.63, 3.8) is 0 Å². The Morgan fingerprint density at radius 2 is 1.93 bits per heavy atom. The zero-order valence-electron chi connectivity index (χ0n) is 18.7. The van der Waals surface area contributed by atoms with Crippen LogP contribution in [-0.2, 0) is 0 Å². The van der Waals surface area contributed by atoms with Crippen LogP contribution in [0.4, 0.5) is 0 Å². The van der Waals surface area contributed by atoms with E-state index in [1.165, 1.54) is 63.4 Å². The second-order valence-electron chi connectivity index (χ2n) is 10.5. The van der Waals surface area contributed by atoms with Gasteiger partial charge < -0.3 is 0 Å². The molecular formula is C29H37N. The van der Waals surface area contributed by atoms with Crippen LogP contribution in [0.5, 0.6) is 0 Å². The van der Waals surface area contributed by atoms with E-state index in [1.54, 1.807) is 11.1 Å². The molecule has 0 N–H and O–H groups in total. The van der Waals surface area contributed by atoms with E-state index in [9.17, 15) is 0 Å². The summed E-state index contributed by atoms with van der Waals surface area (Å²) < 4.78 is 0. The van der Waals surface area contributed by atoms with Gasteiger partial charge in [0.25, 0.3) is 0 Å². The zero-order valence-corrected chi connectivity index (χ0v) is 18.7. The lowest BCUT2D eigenvalue weighted by atomic mass is 9.60. The Labute approximate surface area is 183 Å². The minimum Gasteiger partial charge on any atom is -0.264 e. The van der Waals surface area contributed by atoms with Crippen LogP contribution in [0.2, 0.25) is 0 Å². The fraction of sp³-hybridized carbons (Fsp3) is 0.552. The van der Waals surface area contributed by atoms with E-state index in [0.29, 0.717) is 11.3 Å². The van der Waals surface area contributed by atoms with Crippen LogP contribution in [0.25, 0.3) is 0 Å². The van der Waals surface area contributed by atoms with Gasteiger partial charge in [-0.05, 0) is 104 Å². The van der Waals surface area contributed by atoms with Crippen molar-refractivity contribution >= 4 is 6.21 Å². The van der Waals surface area contributed by atoms with Gasteiger partial charge in [0.1, 0.15) is 0 Å². The summed E-state index contributed by atoms with van der Waals surface area (Å²) in [7, 11) is 0. The van der Waals surface area contributed by atoms with Gasteiger partial charge in [0.05, 0.1) is 0 Å². The molecular weight excluding hydrogens is 362 g/mol. The van der Waals surface area contributed by atoms with Crippen molar-refractivity contribution in [2.75, 3.05) is 0 Å². The highest BCUT2D eigenvalue weighted by Crippen LogP contribution is 2.61. The molecule has 0 bridgehead atoms. The minimum absolute atomic E-state index is 0.371. The van der Waals surface area contributed by atoms with Crippen molar-refractivity contribution < 1.29 is 0 Å². The third-order valence-corrected chi connectivity index (χ3v) is 8.84. The molecule has 4 aliphatic carbocycles. The molecule has 0 saturated heterocycles. The number of allylic oxidation sites excluding steroid dienone is 10. The molecule has 1 nitrogen and oxygen atoms in total. The van der Waals surface area contributed by atoms with E-state index in [-0.39, 0.29) is 0 Å². The van der Waals surface area contributed by atoms with Gasteiger partial charge in [0, 0.05) is 12.4 Å². The molecule has 0 aromatic heterocycles. The maximum atomic E-state index is 4.37. The van der Waals surface area contributed by atoms with Crippen molar-refractivity contribution in [1.82, 2.24) is 0 Å². The Balaban J connectivity index is 1.45. The molecule has 1 aliphatic heterocycles. The SMILES string of the molecule is C=C1/C=N\C=C/C/C=C\C(C2CCC3C4CCC5CCCCC5=CC4=CCC23C)=C/1. The van der Waals surface area contributed by atoms with Crippen molar-refractivity contribution in [3.05, 3.63) is 71.5 Å². The van der Waals surface area contributed by atoms with Crippen LogP contribution in [-0.4, -0.2) is 6.21 Å². The topological polar surface area (TPSA) is 12.4 Å². The van der Waals surface area contributed by atoms with Gasteiger partial charge in [-0.3, -0.25) is 4.99 Å². The number of hydrogen-bond donors (Lipinski definition) is 0. The lowest BCUT2D eigenvalue weighted by Gasteiger charge is -2.45. The molecule has 5 aliphatic rings. The molecule has 0 aromatic carbocycles. The first-order chi connectivity index (χ1) is 14.6. The lowest BCUT2D eigenvalue weighted by Crippen LogP contribution is -2.37. The summed E-state index contributed by atoms with van der Waals surface area (Å²) in [6.45, 7) is 6.84. The summed E-state index contributed by atoms with van der Waals surface area (Å²) in [6.07, 6.45) is 31.6. The number of hydrogen-bond acceptors (Lipinski definition) is 1. The molecule has 2 fully saturated rings. The Bertz CT molecular complexity index is 876. The van der Waals surface area contributed by atoms with E-state index in [0.717, 1.165) is 29.7 Å². The maximum Gasteiger partial charge on any atom is 0.0334 e. The molecule has 0 amide bonds. The molecule has 0 aromatic rings. The van der Waals surface area contributed by atoms with Crippen LogP contribution >= 0.6 is 0 Å². The predicted molar refractivity (Wildman–Crippen MR) is 128 cm³/mol. The van der Waals surface area contributed by atoms with Crippen LogP contribution in [0.1, 0.15) is 71.1 Å². The second kappa shape index (κ2) is 8.33. The number of fused-ring (bicyclic) bond motifs is 4. The average Bonchev–Trinajstić information content (AvgIpc) is 2.98. The fourth-order valence-corrected chi connectivity index (χ4v) is 7.30. The largest absolute Gasteiger partial charge is 0.264 e. The summed E-state index contributed by atoms with van der Waals surface area (Å²) in [6, 6.07) is 0. The molecule has 5 unspecified atom stereocenters. The van der Waals surface area contributed by atoms with Gasteiger partial charge >= 0.3 is 0 Å². The third-order valence-electron chi connectivity index (χ3n) is 8.84. The number of nitrogens with zero attached hydrogens (tertiary/aromatic N) is 1. The van der Waals surface area contributed by atoms with E-state index >= 15 is 0 Å². The Hall–Kier alpha value is -1.89. The molecule has 1 heteroatoms. The van der Waals surface area contributed by atoms with Gasteiger partial charge in [0.2, 0.25) is 0 Å². The monoisotopic (exact) mass is 399 g/mol. The molecule has 2 saturated carbocycles. The van der Waals surface area contributed by atoms with Gasteiger partial charge in [-0.15, -0.1) is 0 Å². The summed E-state index contributed by atoms with van der Waals surface area (Å²) >= 11 is 0. The average molecular weight is 400 g/mol. The minimum atomic E-state index is 0.371. The Morgan fingerprint density at radius 3 is 2.87 bits per heavy atom. The Morgan fingerprint density at radius 1 is 1.00 bits per heavy atom. The fourth-order valence-electron chi connectivity index (χ4n) is 7.30. The third kappa shape index (κ3) is 3.66. The zero-order chi connectivity index (χ0) is 20.6. The summed E-state index contributed by atoms with van der Waals surface area (Å²) in [5.74, 6) is 3.12. The second-order valence-corrected chi connectivity index (χ2v) is 10.5. The smallest absolute Gasteiger partial charge is 0.0334 e. The van der Waals surface area contributed by atoms with E-state index in [4.69, 9.17) is 0 Å². The van der Waals surface area contributed by atoms with Crippen LogP contribution < -0.4 is 0 Å². The highest BCUT2D eigenvalue weighted by atomic mass is 14.7. The van der Waals surface area contributed by atoms with Crippen molar-refractivity contribution in [2.45, 2.75) is 71.1 Å². The van der Waals surface area contributed by atoms with Gasteiger partial charge in [0.15, 0.2) is 0 Å². The van der Waals surface area contributed by atoms with Crippen molar-refractivity contribution in [2.24, 2.45) is 34.1 Å². The first-order valence-corrected chi connectivity index (χ1v) is 12.3. The highest BCUT2D eigenvalue weighted by Gasteiger charge is 2.52. The maximum absolute atomic E-state index is 4.37. The summed E-state index contributed by atoms with van der Waals surface area (Å²) in [5, 5.41) is 0. The van der Waals surface area contributed by atoms with Crippen molar-refractivity contribution in [1.29, 1.82) is 0 Å². The highest BCUT2D eigenvalue weighted by molar-refractivity contribution is 5.82. The standard InChI is InChI=1S/C29H37N/c1-21-18-25(10-4-3-7-17-30-20-21)27-13-14-28-26-12-11-22-8-5-6-9-23(22)19-24(26)15-16-29(27,28)2/h4,7,10,15,17-20,22,26-28H,1,3,5-6,8-9,11-14,16H2,2H3/b10-4-,17-7-,25-18+,30-20-. The van der Waals surface area contributed by atoms with Gasteiger partial charge in [-0.2, -0.15) is 0 Å². The van der Waals surface area contributed by atoms with E-state index in [1.807, 2.05) is 12.4 Å². The lowest BCUT2D eigenvalue weighted by molar-refractivity contribution is 0.123. The molecule has 0 spiro atoms. The van der Waals surface area contributed by atoms with Crippen molar-refractivity contribution in [3.8, 4) is 0 Å². The normalized spacial score (nSPS) is 43.5. The number of aliphatic imine (C=N–C) groups is 1. The Kier molecular flexibility index (Phi) is 5.56. The van der Waals surface area contributed by atoms with Crippen LogP contribution in [0.3, 0.4) is 0 Å². The molecule has 1 heterocycles. The van der Waals surface area contributed by atoms with E-state index in [2.05, 4.69) is 55.0 Å². The molecule has 158 valence electrons. The van der Waals surface area contributed by atoms with Gasteiger partial charge in [-0.25, -0.2) is 0 Å². The first-order valence-electron chi connectivity index (χ1n) is 12.3. The first kappa shape index (κ1) is 20.0. The molecule has 30 heavy (non-hydrogen) atoms. The number of rotatable bonds is 1.